The number of nitrogens with one attached hydrogen (secondary N) is 1. The van der Waals surface area contributed by atoms with Gasteiger partial charge in [0, 0.05) is 19.1 Å². The minimum Gasteiger partial charge on any atom is -0.395 e. The second kappa shape index (κ2) is 7.34. The van der Waals surface area contributed by atoms with Crippen LogP contribution in [-0.2, 0) is 0 Å². The van der Waals surface area contributed by atoms with Crippen LogP contribution in [0.25, 0.3) is 0 Å². The highest BCUT2D eigenvalue weighted by atomic mass is 19.1. The Kier molecular flexibility index (Phi) is 6.09. The molecule has 0 heterocycles. The van der Waals surface area contributed by atoms with E-state index in [1.807, 2.05) is 31.9 Å². The summed E-state index contributed by atoms with van der Waals surface area (Å²) in [4.78, 5) is 1.92. The van der Waals surface area contributed by atoms with Crippen LogP contribution in [0.1, 0.15) is 31.9 Å². The van der Waals surface area contributed by atoms with Gasteiger partial charge in [-0.05, 0) is 32.0 Å². The van der Waals surface area contributed by atoms with E-state index in [4.69, 9.17) is 5.11 Å². The maximum Gasteiger partial charge on any atom is 0.146 e. The summed E-state index contributed by atoms with van der Waals surface area (Å²) in [5.74, 6) is -0.225. The van der Waals surface area contributed by atoms with Crippen LogP contribution in [0.3, 0.4) is 0 Å². The average molecular weight is 254 g/mol. The highest BCUT2D eigenvalue weighted by molar-refractivity contribution is 5.56. The number of rotatable bonds is 7. The molecule has 0 bridgehead atoms. The lowest BCUT2D eigenvalue weighted by atomic mass is 10.0. The third-order valence-electron chi connectivity index (χ3n) is 3.10. The minimum absolute atomic E-state index is 0.0295. The van der Waals surface area contributed by atoms with Crippen molar-refractivity contribution in [3.8, 4) is 0 Å². The first-order chi connectivity index (χ1) is 8.65. The van der Waals surface area contributed by atoms with Crippen LogP contribution in [0.5, 0.6) is 0 Å². The van der Waals surface area contributed by atoms with Gasteiger partial charge in [-0.25, -0.2) is 4.39 Å². The van der Waals surface area contributed by atoms with Gasteiger partial charge in [0.05, 0.1) is 12.3 Å². The van der Waals surface area contributed by atoms with Gasteiger partial charge in [0.2, 0.25) is 0 Å². The Balaban J connectivity index is 3.16. The Morgan fingerprint density at radius 3 is 2.67 bits per heavy atom. The Morgan fingerprint density at radius 2 is 2.11 bits per heavy atom. The standard InChI is InChI=1S/C14H23FN2O/c1-4-8-17(9-10-18)14-12(11(2)16-3)6-5-7-13(14)15/h5-7,11,16,18H,4,8-10H2,1-3H3. The van der Waals surface area contributed by atoms with Crippen molar-refractivity contribution in [2.24, 2.45) is 0 Å². The maximum atomic E-state index is 14.1. The molecule has 1 aromatic carbocycles. The van der Waals surface area contributed by atoms with Crippen molar-refractivity contribution in [2.75, 3.05) is 31.6 Å². The zero-order chi connectivity index (χ0) is 13.5. The van der Waals surface area contributed by atoms with E-state index in [1.54, 1.807) is 6.07 Å². The van der Waals surface area contributed by atoms with Crippen LogP contribution in [0.2, 0.25) is 0 Å². The van der Waals surface area contributed by atoms with Crippen molar-refractivity contribution in [3.63, 3.8) is 0 Å². The molecule has 2 N–H and O–H groups in total. The van der Waals surface area contributed by atoms with Crippen LogP contribution in [0.15, 0.2) is 18.2 Å². The van der Waals surface area contributed by atoms with E-state index in [0.29, 0.717) is 12.2 Å². The Bertz CT molecular complexity index is 365. The summed E-state index contributed by atoms with van der Waals surface area (Å²) in [7, 11) is 1.86. The number of aliphatic hydroxyl groups is 1. The molecule has 1 unspecified atom stereocenters. The molecule has 0 aliphatic heterocycles. The van der Waals surface area contributed by atoms with Crippen LogP contribution in [0, 0.1) is 5.82 Å². The first-order valence-electron chi connectivity index (χ1n) is 6.47. The second-order valence-electron chi connectivity index (χ2n) is 4.40. The topological polar surface area (TPSA) is 35.5 Å². The summed E-state index contributed by atoms with van der Waals surface area (Å²) in [5.41, 5.74) is 1.54. The highest BCUT2D eigenvalue weighted by Gasteiger charge is 2.18. The SMILES string of the molecule is CCCN(CCO)c1c(F)cccc1C(C)NC. The van der Waals surface area contributed by atoms with E-state index in [0.717, 1.165) is 18.5 Å². The predicted molar refractivity (Wildman–Crippen MR) is 73.5 cm³/mol. The molecule has 0 aromatic heterocycles. The minimum atomic E-state index is -0.225. The quantitative estimate of drug-likeness (QED) is 0.784. The number of aliphatic hydroxyl groups excluding tert-OH is 1. The van der Waals surface area contributed by atoms with Crippen LogP contribution in [0.4, 0.5) is 10.1 Å². The first kappa shape index (κ1) is 14.9. The molecule has 0 aliphatic rings. The fourth-order valence-electron chi connectivity index (χ4n) is 2.10. The van der Waals surface area contributed by atoms with Crippen molar-refractivity contribution in [1.29, 1.82) is 0 Å². The number of para-hydroxylation sites is 1. The number of hydrogen-bond donors (Lipinski definition) is 2. The van der Waals surface area contributed by atoms with Crippen LogP contribution in [-0.4, -0.2) is 31.9 Å². The molecule has 1 aromatic rings. The van der Waals surface area contributed by atoms with E-state index >= 15 is 0 Å². The fourth-order valence-corrected chi connectivity index (χ4v) is 2.10. The van der Waals surface area contributed by atoms with Crippen molar-refractivity contribution in [2.45, 2.75) is 26.3 Å². The van der Waals surface area contributed by atoms with Gasteiger partial charge >= 0.3 is 0 Å². The highest BCUT2D eigenvalue weighted by Crippen LogP contribution is 2.29. The maximum absolute atomic E-state index is 14.1. The molecule has 0 saturated heterocycles. The summed E-state index contributed by atoms with van der Waals surface area (Å²) in [6.45, 7) is 5.28. The largest absolute Gasteiger partial charge is 0.395 e. The van der Waals surface area contributed by atoms with Crippen molar-refractivity contribution < 1.29 is 9.50 Å². The lowest BCUT2D eigenvalue weighted by molar-refractivity contribution is 0.301. The molecule has 0 spiro atoms. The van der Waals surface area contributed by atoms with Crippen molar-refractivity contribution in [3.05, 3.63) is 29.6 Å². The van der Waals surface area contributed by atoms with Crippen molar-refractivity contribution in [1.82, 2.24) is 5.32 Å². The number of halogens is 1. The summed E-state index contributed by atoms with van der Waals surface area (Å²) in [5, 5.41) is 12.3. The van der Waals surface area contributed by atoms with E-state index in [9.17, 15) is 4.39 Å². The van der Waals surface area contributed by atoms with E-state index in [-0.39, 0.29) is 18.5 Å². The fraction of sp³-hybridized carbons (Fsp3) is 0.571. The summed E-state index contributed by atoms with van der Waals surface area (Å²) >= 11 is 0. The molecular formula is C14H23FN2O. The normalized spacial score (nSPS) is 12.5. The second-order valence-corrected chi connectivity index (χ2v) is 4.40. The molecular weight excluding hydrogens is 231 g/mol. The van der Waals surface area contributed by atoms with Crippen LogP contribution < -0.4 is 10.2 Å². The molecule has 0 fully saturated rings. The van der Waals surface area contributed by atoms with Gasteiger partial charge in [-0.2, -0.15) is 0 Å². The van der Waals surface area contributed by atoms with Gasteiger partial charge in [-0.1, -0.05) is 19.1 Å². The molecule has 102 valence electrons. The number of nitrogens with zero attached hydrogens (tertiary/aromatic N) is 1. The van der Waals surface area contributed by atoms with Crippen molar-refractivity contribution >= 4 is 5.69 Å². The van der Waals surface area contributed by atoms with Gasteiger partial charge in [-0.15, -0.1) is 0 Å². The Morgan fingerprint density at radius 1 is 1.39 bits per heavy atom. The third-order valence-corrected chi connectivity index (χ3v) is 3.10. The Hall–Kier alpha value is -1.13. The van der Waals surface area contributed by atoms with E-state index in [1.165, 1.54) is 6.07 Å². The molecule has 0 aliphatic carbocycles. The molecule has 0 amide bonds. The monoisotopic (exact) mass is 254 g/mol. The molecule has 18 heavy (non-hydrogen) atoms. The lowest BCUT2D eigenvalue weighted by Gasteiger charge is -2.28. The molecule has 1 rings (SSSR count). The zero-order valence-corrected chi connectivity index (χ0v) is 11.4. The van der Waals surface area contributed by atoms with E-state index in [2.05, 4.69) is 5.32 Å². The van der Waals surface area contributed by atoms with Gasteiger partial charge < -0.3 is 15.3 Å². The van der Waals surface area contributed by atoms with Gasteiger partial charge in [0.1, 0.15) is 5.82 Å². The van der Waals surface area contributed by atoms with Gasteiger partial charge in [0.15, 0.2) is 0 Å². The van der Waals surface area contributed by atoms with Gasteiger partial charge in [-0.3, -0.25) is 0 Å². The number of benzene rings is 1. The summed E-state index contributed by atoms with van der Waals surface area (Å²) < 4.78 is 14.1. The summed E-state index contributed by atoms with van der Waals surface area (Å²) in [6.07, 6.45) is 0.918. The predicted octanol–water partition coefficient (Wildman–Crippen LogP) is 2.31. The van der Waals surface area contributed by atoms with E-state index < -0.39 is 0 Å². The summed E-state index contributed by atoms with van der Waals surface area (Å²) in [6, 6.07) is 5.21. The third kappa shape index (κ3) is 3.43. The number of hydrogen-bond acceptors (Lipinski definition) is 3. The number of anilines is 1. The molecule has 4 heteroatoms. The zero-order valence-electron chi connectivity index (χ0n) is 11.4. The van der Waals surface area contributed by atoms with Crippen LogP contribution >= 0.6 is 0 Å². The Labute approximate surface area is 109 Å². The van der Waals surface area contributed by atoms with Gasteiger partial charge in [0.25, 0.3) is 0 Å². The molecule has 0 saturated carbocycles. The smallest absolute Gasteiger partial charge is 0.146 e. The average Bonchev–Trinajstić information content (AvgIpc) is 2.37. The lowest BCUT2D eigenvalue weighted by Crippen LogP contribution is -2.30. The first-order valence-corrected chi connectivity index (χ1v) is 6.47. The molecule has 1 atom stereocenters. The molecule has 0 radical (unpaired) electrons. The molecule has 3 nitrogen and oxygen atoms in total.